The van der Waals surface area contributed by atoms with E-state index in [1.165, 1.54) is 4.31 Å². The predicted octanol–water partition coefficient (Wildman–Crippen LogP) is 3.03. The summed E-state index contributed by atoms with van der Waals surface area (Å²) in [6, 6.07) is 6.67. The standard InChI is InChI=1S/C22H28N4O4S/c27-22(17-5-3-6-17)25-12-4-7-18(15-25)21-23-20(24-30-21)16-8-10-19(11-9-16)31(28,29)26-13-1-2-14-26/h8-11,17-18H,1-7,12-15H2. The van der Waals surface area contributed by atoms with E-state index in [0.29, 0.717) is 41.8 Å². The van der Waals surface area contributed by atoms with Gasteiger partial charge in [-0.05, 0) is 62.8 Å². The molecular formula is C22H28N4O4S. The van der Waals surface area contributed by atoms with E-state index < -0.39 is 10.0 Å². The third-order valence-electron chi connectivity index (χ3n) is 6.79. The Labute approximate surface area is 182 Å². The fraction of sp³-hybridized carbons (Fsp3) is 0.591. The summed E-state index contributed by atoms with van der Waals surface area (Å²) in [5.74, 6) is 1.52. The molecule has 3 aliphatic rings. The van der Waals surface area contributed by atoms with E-state index >= 15 is 0 Å². The number of carbonyl (C=O) groups is 1. The zero-order valence-corrected chi connectivity index (χ0v) is 18.4. The highest BCUT2D eigenvalue weighted by molar-refractivity contribution is 7.89. The van der Waals surface area contributed by atoms with Gasteiger partial charge in [0.2, 0.25) is 27.6 Å². The Balaban J connectivity index is 1.28. The molecule has 2 aliphatic heterocycles. The lowest BCUT2D eigenvalue weighted by molar-refractivity contribution is -0.139. The van der Waals surface area contributed by atoms with Crippen LogP contribution in [0.5, 0.6) is 0 Å². The maximum atomic E-state index is 12.7. The molecule has 0 spiro atoms. The first-order valence-corrected chi connectivity index (χ1v) is 12.7. The molecule has 1 aromatic heterocycles. The fourth-order valence-corrected chi connectivity index (χ4v) is 6.18. The molecule has 1 unspecified atom stereocenters. The van der Waals surface area contributed by atoms with Crippen LogP contribution in [0.2, 0.25) is 0 Å². The van der Waals surface area contributed by atoms with Gasteiger partial charge in [0.1, 0.15) is 0 Å². The molecule has 8 nitrogen and oxygen atoms in total. The lowest BCUT2D eigenvalue weighted by atomic mass is 9.83. The van der Waals surface area contributed by atoms with Crippen LogP contribution in [0.1, 0.15) is 56.8 Å². The topological polar surface area (TPSA) is 96.6 Å². The number of aromatic nitrogens is 2. The van der Waals surface area contributed by atoms with Crippen molar-refractivity contribution in [2.45, 2.75) is 55.8 Å². The number of hydrogen-bond acceptors (Lipinski definition) is 6. The molecule has 0 bridgehead atoms. The molecule has 3 fully saturated rings. The Kier molecular flexibility index (Phi) is 5.56. The summed E-state index contributed by atoms with van der Waals surface area (Å²) in [7, 11) is -3.44. The average molecular weight is 445 g/mol. The maximum Gasteiger partial charge on any atom is 0.243 e. The zero-order valence-electron chi connectivity index (χ0n) is 17.6. The predicted molar refractivity (Wildman–Crippen MR) is 114 cm³/mol. The molecule has 1 aromatic carbocycles. The number of amides is 1. The number of carbonyl (C=O) groups excluding carboxylic acids is 1. The lowest BCUT2D eigenvalue weighted by Crippen LogP contribution is -2.44. The second kappa shape index (κ2) is 8.35. The van der Waals surface area contributed by atoms with E-state index in [1.807, 2.05) is 4.90 Å². The first kappa shape index (κ1) is 20.6. The van der Waals surface area contributed by atoms with Gasteiger partial charge in [-0.3, -0.25) is 4.79 Å². The first-order chi connectivity index (χ1) is 15.0. The maximum absolute atomic E-state index is 12.7. The molecule has 3 heterocycles. The molecule has 1 aliphatic carbocycles. The summed E-state index contributed by atoms with van der Waals surface area (Å²) in [6.07, 6.45) is 6.84. The average Bonchev–Trinajstić information content (AvgIpc) is 3.45. The Bertz CT molecular complexity index is 1040. The van der Waals surface area contributed by atoms with Gasteiger partial charge in [0, 0.05) is 37.7 Å². The fourth-order valence-electron chi connectivity index (χ4n) is 4.66. The van der Waals surface area contributed by atoms with Gasteiger partial charge in [-0.15, -0.1) is 0 Å². The van der Waals surface area contributed by atoms with Crippen molar-refractivity contribution >= 4 is 15.9 Å². The summed E-state index contributed by atoms with van der Waals surface area (Å²) in [4.78, 5) is 19.4. The summed E-state index contributed by atoms with van der Waals surface area (Å²) in [5.41, 5.74) is 0.716. The second-order valence-electron chi connectivity index (χ2n) is 8.84. The molecule has 0 N–H and O–H groups in total. The largest absolute Gasteiger partial charge is 0.342 e. The third-order valence-corrected chi connectivity index (χ3v) is 8.71. The minimum Gasteiger partial charge on any atom is -0.342 e. The van der Waals surface area contributed by atoms with Crippen molar-refractivity contribution in [1.29, 1.82) is 0 Å². The number of piperidine rings is 1. The monoisotopic (exact) mass is 444 g/mol. The van der Waals surface area contributed by atoms with Gasteiger partial charge in [-0.1, -0.05) is 11.6 Å². The van der Waals surface area contributed by atoms with E-state index in [9.17, 15) is 13.2 Å². The first-order valence-electron chi connectivity index (χ1n) is 11.3. The van der Waals surface area contributed by atoms with Crippen LogP contribution < -0.4 is 0 Å². The molecule has 5 rings (SSSR count). The van der Waals surface area contributed by atoms with E-state index in [-0.39, 0.29) is 17.7 Å². The molecule has 1 saturated carbocycles. The SMILES string of the molecule is O=C(C1CCC1)N1CCCC(c2nc(-c3ccc(S(=O)(=O)N4CCCC4)cc3)no2)C1. The number of benzene rings is 1. The smallest absolute Gasteiger partial charge is 0.243 e. The Morgan fingerprint density at radius 1 is 0.968 bits per heavy atom. The molecule has 166 valence electrons. The van der Waals surface area contributed by atoms with Gasteiger partial charge < -0.3 is 9.42 Å². The van der Waals surface area contributed by atoms with Crippen LogP contribution in [0.3, 0.4) is 0 Å². The van der Waals surface area contributed by atoms with Crippen LogP contribution >= 0.6 is 0 Å². The van der Waals surface area contributed by atoms with Gasteiger partial charge in [0.15, 0.2) is 0 Å². The molecule has 0 radical (unpaired) electrons. The van der Waals surface area contributed by atoms with Crippen LogP contribution in [0.25, 0.3) is 11.4 Å². The van der Waals surface area contributed by atoms with Crippen molar-refractivity contribution in [1.82, 2.24) is 19.3 Å². The van der Waals surface area contributed by atoms with Gasteiger partial charge in [0.05, 0.1) is 10.8 Å². The van der Waals surface area contributed by atoms with Crippen LogP contribution in [-0.2, 0) is 14.8 Å². The summed E-state index contributed by atoms with van der Waals surface area (Å²) in [5, 5.41) is 4.11. The third kappa shape index (κ3) is 4.01. The molecular weight excluding hydrogens is 416 g/mol. The zero-order chi connectivity index (χ0) is 21.4. The van der Waals surface area contributed by atoms with Crippen LogP contribution in [0.4, 0.5) is 0 Å². The Morgan fingerprint density at radius 2 is 1.71 bits per heavy atom. The van der Waals surface area contributed by atoms with Gasteiger partial charge in [-0.25, -0.2) is 8.42 Å². The lowest BCUT2D eigenvalue weighted by Gasteiger charge is -2.36. The molecule has 1 amide bonds. The highest BCUT2D eigenvalue weighted by Gasteiger charge is 2.34. The summed E-state index contributed by atoms with van der Waals surface area (Å²) >= 11 is 0. The number of likely N-dealkylation sites (tertiary alicyclic amines) is 1. The summed E-state index contributed by atoms with van der Waals surface area (Å²) in [6.45, 7) is 2.60. The molecule has 1 atom stereocenters. The van der Waals surface area contributed by atoms with Gasteiger partial charge in [-0.2, -0.15) is 9.29 Å². The molecule has 31 heavy (non-hydrogen) atoms. The van der Waals surface area contributed by atoms with Crippen molar-refractivity contribution in [3.63, 3.8) is 0 Å². The van der Waals surface area contributed by atoms with Crippen molar-refractivity contribution in [2.75, 3.05) is 26.2 Å². The van der Waals surface area contributed by atoms with Crippen molar-refractivity contribution in [2.24, 2.45) is 5.92 Å². The van der Waals surface area contributed by atoms with E-state index in [4.69, 9.17) is 4.52 Å². The Morgan fingerprint density at radius 3 is 2.39 bits per heavy atom. The van der Waals surface area contributed by atoms with Crippen molar-refractivity contribution in [3.05, 3.63) is 30.2 Å². The van der Waals surface area contributed by atoms with E-state index in [0.717, 1.165) is 51.5 Å². The number of sulfonamides is 1. The Hall–Kier alpha value is -2.26. The molecule has 2 saturated heterocycles. The van der Waals surface area contributed by atoms with Gasteiger partial charge >= 0.3 is 0 Å². The second-order valence-corrected chi connectivity index (χ2v) is 10.8. The van der Waals surface area contributed by atoms with E-state index in [2.05, 4.69) is 10.1 Å². The van der Waals surface area contributed by atoms with Gasteiger partial charge in [0.25, 0.3) is 0 Å². The highest BCUT2D eigenvalue weighted by atomic mass is 32.2. The van der Waals surface area contributed by atoms with Crippen LogP contribution in [0.15, 0.2) is 33.7 Å². The van der Waals surface area contributed by atoms with Crippen molar-refractivity contribution in [3.8, 4) is 11.4 Å². The van der Waals surface area contributed by atoms with Crippen LogP contribution in [-0.4, -0.2) is 59.8 Å². The van der Waals surface area contributed by atoms with E-state index in [1.54, 1.807) is 24.3 Å². The highest BCUT2D eigenvalue weighted by Crippen LogP contribution is 2.33. The number of rotatable bonds is 5. The minimum atomic E-state index is -3.44. The number of hydrogen-bond donors (Lipinski definition) is 0. The summed E-state index contributed by atoms with van der Waals surface area (Å²) < 4.78 is 32.5. The molecule has 2 aromatic rings. The van der Waals surface area contributed by atoms with Crippen LogP contribution in [0, 0.1) is 5.92 Å². The molecule has 9 heteroatoms. The van der Waals surface area contributed by atoms with Crippen molar-refractivity contribution < 1.29 is 17.7 Å². The normalized spacial score (nSPS) is 23.1. The quantitative estimate of drug-likeness (QED) is 0.703. The number of nitrogens with zero attached hydrogens (tertiary/aromatic N) is 4. The minimum absolute atomic E-state index is 0.0499.